The van der Waals surface area contributed by atoms with Gasteiger partial charge in [0.2, 0.25) is 11.7 Å². The van der Waals surface area contributed by atoms with E-state index >= 15 is 0 Å². The molecule has 0 spiro atoms. The molecule has 28 heavy (non-hydrogen) atoms. The van der Waals surface area contributed by atoms with Gasteiger partial charge in [-0.1, -0.05) is 60.7 Å². The fourth-order valence-corrected chi connectivity index (χ4v) is 3.34. The Hall–Kier alpha value is -2.96. The van der Waals surface area contributed by atoms with Crippen molar-refractivity contribution in [3.05, 3.63) is 83.7 Å². The maximum absolute atomic E-state index is 13.1. The van der Waals surface area contributed by atoms with Gasteiger partial charge in [-0.2, -0.15) is 0 Å². The summed E-state index contributed by atoms with van der Waals surface area (Å²) < 4.78 is 17.3. The van der Waals surface area contributed by atoms with Crippen LogP contribution < -0.4 is 0 Å². The molecule has 4 rings (SSSR count). The van der Waals surface area contributed by atoms with Crippen molar-refractivity contribution in [3.8, 4) is 0 Å². The van der Waals surface area contributed by atoms with E-state index in [0.717, 1.165) is 11.1 Å². The average molecular weight is 379 g/mol. The summed E-state index contributed by atoms with van der Waals surface area (Å²) in [4.78, 5) is 26.8. The number of ketones is 1. The Morgan fingerprint density at radius 1 is 1.07 bits per heavy atom. The van der Waals surface area contributed by atoms with Gasteiger partial charge < -0.3 is 19.1 Å². The summed E-state index contributed by atoms with van der Waals surface area (Å²) in [6, 6.07) is 18.9. The van der Waals surface area contributed by atoms with Crippen molar-refractivity contribution in [1.29, 1.82) is 0 Å². The zero-order valence-corrected chi connectivity index (χ0v) is 15.5. The predicted molar refractivity (Wildman–Crippen MR) is 101 cm³/mol. The minimum absolute atomic E-state index is 0.200. The molecule has 6 nitrogen and oxygen atoms in total. The molecule has 6 heteroatoms. The van der Waals surface area contributed by atoms with E-state index in [9.17, 15) is 9.59 Å². The van der Waals surface area contributed by atoms with Crippen LogP contribution in [-0.2, 0) is 30.3 Å². The van der Waals surface area contributed by atoms with Crippen molar-refractivity contribution >= 4 is 11.7 Å². The van der Waals surface area contributed by atoms with E-state index in [1.807, 2.05) is 60.7 Å². The summed E-state index contributed by atoms with van der Waals surface area (Å²) >= 11 is 0. The van der Waals surface area contributed by atoms with Crippen LogP contribution in [0.15, 0.2) is 72.6 Å². The van der Waals surface area contributed by atoms with Gasteiger partial charge in [-0.25, -0.2) is 0 Å². The monoisotopic (exact) mass is 379 g/mol. The molecule has 1 amide bonds. The summed E-state index contributed by atoms with van der Waals surface area (Å²) in [5.41, 5.74) is 1.95. The molecular formula is C22H21NO5. The Labute approximate surface area is 163 Å². The summed E-state index contributed by atoms with van der Waals surface area (Å²) in [5, 5.41) is 0. The first-order valence-electron chi connectivity index (χ1n) is 9.17. The summed E-state index contributed by atoms with van der Waals surface area (Å²) in [6.07, 6.45) is -0.642. The second kappa shape index (κ2) is 7.96. The summed E-state index contributed by atoms with van der Waals surface area (Å²) in [6.45, 7) is 1.95. The quantitative estimate of drug-likeness (QED) is 0.817. The largest absolute Gasteiger partial charge is 0.490 e. The van der Waals surface area contributed by atoms with E-state index in [1.165, 1.54) is 18.1 Å². The molecule has 0 N–H and O–H groups in total. The lowest BCUT2D eigenvalue weighted by molar-refractivity contribution is -0.254. The van der Waals surface area contributed by atoms with Crippen LogP contribution in [0.25, 0.3) is 0 Å². The van der Waals surface area contributed by atoms with Crippen LogP contribution in [0.1, 0.15) is 24.3 Å². The van der Waals surface area contributed by atoms with Gasteiger partial charge in [0, 0.05) is 12.5 Å². The van der Waals surface area contributed by atoms with Gasteiger partial charge in [0.05, 0.1) is 13.2 Å². The number of carbonyl (C=O) groups excluding carboxylic acids is 2. The first kappa shape index (κ1) is 18.4. The standard InChI is InChI=1S/C22H21NO5/c1-15(24)23(12-16-8-4-2-5-9-16)18-13-26-19-14-27-22(28-21(19)20(18)25)17-10-6-3-7-11-17/h2-11,13,19,21-22H,12,14H2,1H3/t19-,21-,22-/m1/s1. The van der Waals surface area contributed by atoms with Crippen molar-refractivity contribution in [3.63, 3.8) is 0 Å². The van der Waals surface area contributed by atoms with Crippen LogP contribution in [-0.4, -0.2) is 35.4 Å². The third-order valence-electron chi connectivity index (χ3n) is 4.81. The number of benzene rings is 2. The van der Waals surface area contributed by atoms with Crippen LogP contribution in [0, 0.1) is 0 Å². The molecule has 2 aliphatic rings. The van der Waals surface area contributed by atoms with E-state index in [2.05, 4.69) is 0 Å². The third-order valence-corrected chi connectivity index (χ3v) is 4.81. The van der Waals surface area contributed by atoms with Crippen molar-refractivity contribution in [2.45, 2.75) is 32.0 Å². The first-order chi connectivity index (χ1) is 13.6. The van der Waals surface area contributed by atoms with Crippen molar-refractivity contribution < 1.29 is 23.8 Å². The molecule has 1 fully saturated rings. The van der Waals surface area contributed by atoms with E-state index in [0.29, 0.717) is 0 Å². The van der Waals surface area contributed by atoms with Gasteiger partial charge >= 0.3 is 0 Å². The molecule has 0 unspecified atom stereocenters. The van der Waals surface area contributed by atoms with Gasteiger partial charge in [0.15, 0.2) is 18.5 Å². The highest BCUT2D eigenvalue weighted by Gasteiger charge is 2.44. The zero-order valence-electron chi connectivity index (χ0n) is 15.5. The molecule has 0 aromatic heterocycles. The van der Waals surface area contributed by atoms with Gasteiger partial charge in [-0.05, 0) is 5.56 Å². The normalized spacial score (nSPS) is 24.0. The van der Waals surface area contributed by atoms with Crippen molar-refractivity contribution in [2.24, 2.45) is 0 Å². The average Bonchev–Trinajstić information content (AvgIpc) is 2.74. The van der Waals surface area contributed by atoms with Crippen LogP contribution in [0.3, 0.4) is 0 Å². The topological polar surface area (TPSA) is 65.1 Å². The lowest BCUT2D eigenvalue weighted by Crippen LogP contribution is -2.51. The molecule has 3 atom stereocenters. The Morgan fingerprint density at radius 3 is 2.43 bits per heavy atom. The number of amides is 1. The highest BCUT2D eigenvalue weighted by atomic mass is 16.7. The van der Waals surface area contributed by atoms with Gasteiger partial charge in [-0.15, -0.1) is 0 Å². The molecule has 144 valence electrons. The molecule has 2 heterocycles. The Kier molecular flexibility index (Phi) is 5.23. The van der Waals surface area contributed by atoms with E-state index < -0.39 is 18.5 Å². The smallest absolute Gasteiger partial charge is 0.224 e. The van der Waals surface area contributed by atoms with Crippen LogP contribution >= 0.6 is 0 Å². The maximum Gasteiger partial charge on any atom is 0.224 e. The predicted octanol–water partition coefficient (Wildman–Crippen LogP) is 2.96. The Morgan fingerprint density at radius 2 is 1.75 bits per heavy atom. The fourth-order valence-electron chi connectivity index (χ4n) is 3.34. The lowest BCUT2D eigenvalue weighted by atomic mass is 10.0. The first-order valence-corrected chi connectivity index (χ1v) is 9.17. The maximum atomic E-state index is 13.1. The van der Waals surface area contributed by atoms with Crippen LogP contribution in [0.4, 0.5) is 0 Å². The molecule has 1 saturated heterocycles. The number of Topliss-reactive ketones (excluding diaryl/α,β-unsaturated/α-hetero) is 1. The zero-order chi connectivity index (χ0) is 19.5. The molecular weight excluding hydrogens is 358 g/mol. The van der Waals surface area contributed by atoms with Crippen LogP contribution in [0.2, 0.25) is 0 Å². The minimum atomic E-state index is -0.823. The number of carbonyl (C=O) groups is 2. The molecule has 0 aliphatic carbocycles. The molecule has 0 saturated carbocycles. The van der Waals surface area contributed by atoms with E-state index in [1.54, 1.807) is 0 Å². The number of nitrogens with zero attached hydrogens (tertiary/aromatic N) is 1. The fraction of sp³-hybridized carbons (Fsp3) is 0.273. The molecule has 2 aromatic rings. The van der Waals surface area contributed by atoms with Gasteiger partial charge in [-0.3, -0.25) is 9.59 Å². The molecule has 2 aliphatic heterocycles. The number of ether oxygens (including phenoxy) is 3. The highest BCUT2D eigenvalue weighted by molar-refractivity contribution is 6.02. The second-order valence-electron chi connectivity index (χ2n) is 6.77. The van der Waals surface area contributed by atoms with E-state index in [-0.39, 0.29) is 30.5 Å². The lowest BCUT2D eigenvalue weighted by Gasteiger charge is -2.39. The molecule has 0 bridgehead atoms. The highest BCUT2D eigenvalue weighted by Crippen LogP contribution is 2.32. The minimum Gasteiger partial charge on any atom is -0.490 e. The SMILES string of the molecule is CC(=O)N(Cc1ccccc1)C1=CO[C@@H]2CO[C@@H](c3ccccc3)O[C@H]2C1=O. The molecule has 0 radical (unpaired) electrons. The number of fused-ring (bicyclic) bond motifs is 1. The number of hydrogen-bond donors (Lipinski definition) is 0. The van der Waals surface area contributed by atoms with E-state index in [4.69, 9.17) is 14.2 Å². The van der Waals surface area contributed by atoms with Crippen molar-refractivity contribution in [1.82, 2.24) is 4.90 Å². The number of rotatable bonds is 4. The van der Waals surface area contributed by atoms with Gasteiger partial charge in [0.1, 0.15) is 12.0 Å². The van der Waals surface area contributed by atoms with Crippen LogP contribution in [0.5, 0.6) is 0 Å². The van der Waals surface area contributed by atoms with Gasteiger partial charge in [0.25, 0.3) is 0 Å². The Bertz CT molecular complexity index is 880. The molecule has 2 aromatic carbocycles. The summed E-state index contributed by atoms with van der Waals surface area (Å²) in [5.74, 6) is -0.510. The third kappa shape index (κ3) is 3.69. The second-order valence-corrected chi connectivity index (χ2v) is 6.77. The van der Waals surface area contributed by atoms with Crippen molar-refractivity contribution in [2.75, 3.05) is 6.61 Å². The summed E-state index contributed by atoms with van der Waals surface area (Å²) in [7, 11) is 0. The Balaban J connectivity index is 1.55. The number of hydrogen-bond acceptors (Lipinski definition) is 5.